The maximum absolute atomic E-state index is 5.64. The number of anilines is 1. The highest BCUT2D eigenvalue weighted by atomic mass is 16.5. The Hall–Kier alpha value is -2.97. The van der Waals surface area contributed by atoms with Crippen LogP contribution in [0.25, 0.3) is 0 Å². The lowest BCUT2D eigenvalue weighted by Gasteiger charge is -2.28. The molecule has 0 atom stereocenters. The molecule has 1 heterocycles. The van der Waals surface area contributed by atoms with Crippen LogP contribution in [0.5, 0.6) is 11.5 Å². The van der Waals surface area contributed by atoms with E-state index in [1.165, 1.54) is 5.69 Å². The van der Waals surface area contributed by atoms with Crippen LogP contribution in [0, 0.1) is 12.3 Å². The Labute approximate surface area is 160 Å². The fraction of sp³-hybridized carbons (Fsp3) is 0.318. The van der Waals surface area contributed by atoms with Crippen LogP contribution in [0.2, 0.25) is 0 Å². The third-order valence-corrected chi connectivity index (χ3v) is 4.17. The maximum atomic E-state index is 5.64. The Kier molecular flexibility index (Phi) is 6.72. The molecule has 0 unspecified atom stereocenters. The van der Waals surface area contributed by atoms with Gasteiger partial charge in [-0.05, 0) is 55.0 Å². The molecule has 0 N–H and O–H groups in total. The van der Waals surface area contributed by atoms with Gasteiger partial charge in [0.2, 0.25) is 0 Å². The van der Waals surface area contributed by atoms with Crippen LogP contribution in [-0.4, -0.2) is 45.7 Å². The maximum Gasteiger partial charge on any atom is 0.162 e. The number of morpholine rings is 1. The van der Waals surface area contributed by atoms with Crippen LogP contribution < -0.4 is 14.4 Å². The molecule has 0 aromatic heterocycles. The normalized spacial score (nSPS) is 14.1. The highest BCUT2D eigenvalue weighted by molar-refractivity contribution is 5.83. The Morgan fingerprint density at radius 1 is 1.11 bits per heavy atom. The average molecular weight is 364 g/mol. The van der Waals surface area contributed by atoms with Crippen LogP contribution >= 0.6 is 0 Å². The summed E-state index contributed by atoms with van der Waals surface area (Å²) in [6, 6.07) is 13.9. The van der Waals surface area contributed by atoms with E-state index in [0.29, 0.717) is 18.1 Å². The quantitative estimate of drug-likeness (QED) is 0.555. The van der Waals surface area contributed by atoms with Crippen molar-refractivity contribution in [2.24, 2.45) is 4.99 Å². The van der Waals surface area contributed by atoms with Gasteiger partial charge in [0.15, 0.2) is 11.5 Å². The summed E-state index contributed by atoms with van der Waals surface area (Å²) in [4.78, 5) is 6.88. The summed E-state index contributed by atoms with van der Waals surface area (Å²) in [6.07, 6.45) is 7.07. The average Bonchev–Trinajstić information content (AvgIpc) is 2.73. The van der Waals surface area contributed by atoms with Crippen LogP contribution in [0.3, 0.4) is 0 Å². The molecule has 0 radical (unpaired) electrons. The number of nitrogens with zero attached hydrogens (tertiary/aromatic N) is 2. The van der Waals surface area contributed by atoms with Gasteiger partial charge in [0.05, 0.1) is 25.5 Å². The molecule has 3 rings (SSSR count). The van der Waals surface area contributed by atoms with E-state index in [2.05, 4.69) is 27.9 Å². The summed E-state index contributed by atoms with van der Waals surface area (Å²) in [5, 5.41) is 0. The number of rotatable bonds is 7. The van der Waals surface area contributed by atoms with Crippen molar-refractivity contribution >= 4 is 17.6 Å². The second-order valence-corrected chi connectivity index (χ2v) is 6.01. The molecule has 27 heavy (non-hydrogen) atoms. The Bertz CT molecular complexity index is 803. The minimum Gasteiger partial charge on any atom is -0.490 e. The van der Waals surface area contributed by atoms with Crippen molar-refractivity contribution in [1.29, 1.82) is 0 Å². The van der Waals surface area contributed by atoms with Crippen LogP contribution in [-0.2, 0) is 4.74 Å². The standard InChI is InChI=1S/C22H24N2O3/c1-3-13-27-21-10-5-18(16-22(21)26-4-2)17-23-19-6-8-20(9-7-19)24-11-14-25-15-12-24/h1,5-10,16-17H,4,11-15H2,2H3. The predicted molar refractivity (Wildman–Crippen MR) is 109 cm³/mol. The highest BCUT2D eigenvalue weighted by Crippen LogP contribution is 2.28. The molecule has 0 bridgehead atoms. The lowest BCUT2D eigenvalue weighted by atomic mass is 10.2. The number of benzene rings is 2. The summed E-state index contributed by atoms with van der Waals surface area (Å²) < 4.78 is 16.5. The first-order chi connectivity index (χ1) is 13.3. The molecule has 2 aromatic carbocycles. The van der Waals surface area contributed by atoms with Gasteiger partial charge >= 0.3 is 0 Å². The van der Waals surface area contributed by atoms with E-state index < -0.39 is 0 Å². The highest BCUT2D eigenvalue weighted by Gasteiger charge is 2.10. The molecule has 5 nitrogen and oxygen atoms in total. The zero-order valence-corrected chi connectivity index (χ0v) is 15.6. The van der Waals surface area contributed by atoms with Gasteiger partial charge in [-0.2, -0.15) is 0 Å². The Morgan fingerprint density at radius 3 is 2.59 bits per heavy atom. The molecule has 2 aromatic rings. The number of hydrogen-bond acceptors (Lipinski definition) is 5. The number of hydrogen-bond donors (Lipinski definition) is 0. The molecule has 5 heteroatoms. The molecular weight excluding hydrogens is 340 g/mol. The first-order valence-electron chi connectivity index (χ1n) is 9.10. The fourth-order valence-electron chi connectivity index (χ4n) is 2.83. The predicted octanol–water partition coefficient (Wildman–Crippen LogP) is 3.68. The number of aliphatic imine (C=N–C) groups is 1. The van der Waals surface area contributed by atoms with E-state index in [1.54, 1.807) is 0 Å². The van der Waals surface area contributed by atoms with Crippen LogP contribution in [0.4, 0.5) is 11.4 Å². The first kappa shape index (κ1) is 18.8. The van der Waals surface area contributed by atoms with Crippen LogP contribution in [0.15, 0.2) is 47.5 Å². The van der Waals surface area contributed by atoms with Gasteiger partial charge in [-0.15, -0.1) is 6.42 Å². The minimum atomic E-state index is 0.211. The van der Waals surface area contributed by atoms with Crippen molar-refractivity contribution in [3.8, 4) is 23.8 Å². The lowest BCUT2D eigenvalue weighted by molar-refractivity contribution is 0.122. The molecule has 0 amide bonds. The number of terminal acetylenes is 1. The molecule has 1 aliphatic rings. The van der Waals surface area contributed by atoms with Crippen molar-refractivity contribution in [2.75, 3.05) is 44.4 Å². The van der Waals surface area contributed by atoms with Crippen molar-refractivity contribution in [1.82, 2.24) is 0 Å². The van der Waals surface area contributed by atoms with Gasteiger partial charge in [0.1, 0.15) is 6.61 Å². The molecule has 1 fully saturated rings. The molecule has 0 saturated carbocycles. The van der Waals surface area contributed by atoms with E-state index in [4.69, 9.17) is 20.6 Å². The van der Waals surface area contributed by atoms with Gasteiger partial charge in [0, 0.05) is 25.0 Å². The van der Waals surface area contributed by atoms with Gasteiger partial charge in [-0.3, -0.25) is 4.99 Å². The third-order valence-electron chi connectivity index (χ3n) is 4.17. The summed E-state index contributed by atoms with van der Waals surface area (Å²) >= 11 is 0. The van der Waals surface area contributed by atoms with Gasteiger partial charge in [0.25, 0.3) is 0 Å². The van der Waals surface area contributed by atoms with E-state index >= 15 is 0 Å². The van der Waals surface area contributed by atoms with Gasteiger partial charge in [-0.25, -0.2) is 0 Å². The largest absolute Gasteiger partial charge is 0.490 e. The van der Waals surface area contributed by atoms with E-state index in [-0.39, 0.29) is 6.61 Å². The van der Waals surface area contributed by atoms with Crippen LogP contribution in [0.1, 0.15) is 12.5 Å². The van der Waals surface area contributed by atoms with Crippen molar-refractivity contribution in [3.05, 3.63) is 48.0 Å². The number of ether oxygens (including phenoxy) is 3. The van der Waals surface area contributed by atoms with Gasteiger partial charge in [-0.1, -0.05) is 5.92 Å². The molecule has 1 saturated heterocycles. The second kappa shape index (κ2) is 9.65. The molecule has 140 valence electrons. The Morgan fingerprint density at radius 2 is 1.89 bits per heavy atom. The SMILES string of the molecule is C#CCOc1ccc(C=Nc2ccc(N3CCOCC3)cc2)cc1OCC. The Balaban J connectivity index is 1.69. The minimum absolute atomic E-state index is 0.211. The zero-order valence-electron chi connectivity index (χ0n) is 15.6. The third kappa shape index (κ3) is 5.25. The smallest absolute Gasteiger partial charge is 0.162 e. The summed E-state index contributed by atoms with van der Waals surface area (Å²) in [6.45, 7) is 6.11. The monoisotopic (exact) mass is 364 g/mol. The molecule has 1 aliphatic heterocycles. The van der Waals surface area contributed by atoms with Crippen molar-refractivity contribution in [2.45, 2.75) is 6.92 Å². The topological polar surface area (TPSA) is 43.3 Å². The van der Waals surface area contributed by atoms with E-state index in [1.807, 2.05) is 43.5 Å². The summed E-state index contributed by atoms with van der Waals surface area (Å²) in [7, 11) is 0. The molecule has 0 aliphatic carbocycles. The second-order valence-electron chi connectivity index (χ2n) is 6.01. The summed E-state index contributed by atoms with van der Waals surface area (Å²) in [5.41, 5.74) is 3.03. The zero-order chi connectivity index (χ0) is 18.9. The molecule has 0 spiro atoms. The van der Waals surface area contributed by atoms with Crippen molar-refractivity contribution < 1.29 is 14.2 Å². The first-order valence-corrected chi connectivity index (χ1v) is 9.10. The fourth-order valence-corrected chi connectivity index (χ4v) is 2.83. The summed E-state index contributed by atoms with van der Waals surface area (Å²) in [5.74, 6) is 3.77. The van der Waals surface area contributed by atoms with E-state index in [0.717, 1.165) is 37.6 Å². The van der Waals surface area contributed by atoms with Crippen molar-refractivity contribution in [3.63, 3.8) is 0 Å². The van der Waals surface area contributed by atoms with E-state index in [9.17, 15) is 0 Å². The molecular formula is C22H24N2O3. The van der Waals surface area contributed by atoms with Gasteiger partial charge < -0.3 is 19.1 Å². The lowest BCUT2D eigenvalue weighted by Crippen LogP contribution is -2.36.